The third kappa shape index (κ3) is 9.54. The fraction of sp³-hybridized carbons (Fsp3) is 0.167. The van der Waals surface area contributed by atoms with E-state index in [4.69, 9.17) is 0 Å². The molecule has 2 nitrogen and oxygen atoms in total. The van der Waals surface area contributed by atoms with Crippen molar-refractivity contribution in [1.82, 2.24) is 0 Å². The van der Waals surface area contributed by atoms with Crippen molar-refractivity contribution in [3.05, 3.63) is 380 Å². The van der Waals surface area contributed by atoms with Crippen LogP contribution in [0.25, 0.3) is 113 Å². The van der Waals surface area contributed by atoms with E-state index in [1.165, 1.54) is 211 Å². The van der Waals surface area contributed by atoms with Crippen LogP contribution in [0.4, 0.5) is 34.1 Å². The molecule has 0 bridgehead atoms. The predicted molar refractivity (Wildman–Crippen MR) is 467 cm³/mol. The first-order valence-corrected chi connectivity index (χ1v) is 39.5. The lowest BCUT2D eigenvalue weighted by molar-refractivity contribution is 0.659. The van der Waals surface area contributed by atoms with E-state index < -0.39 is 0 Å². The Labute approximate surface area is 648 Å². The molecular weight excluding hydrogens is 1330 g/mol. The van der Waals surface area contributed by atoms with Crippen LogP contribution in [0.1, 0.15) is 172 Å². The van der Waals surface area contributed by atoms with Gasteiger partial charge in [-0.3, -0.25) is 0 Å². The zero-order valence-electron chi connectivity index (χ0n) is 64.9. The number of nitrogens with zero attached hydrogens (tertiary/aromatic N) is 2. The van der Waals surface area contributed by atoms with Crippen molar-refractivity contribution in [2.75, 3.05) is 9.80 Å². The highest BCUT2D eigenvalue weighted by atomic mass is 15.1. The van der Waals surface area contributed by atoms with E-state index in [-0.39, 0.29) is 32.5 Å². The normalized spacial score (nSPS) is 16.2. The Bertz CT molecular complexity index is 6000. The molecule has 0 radical (unpaired) electrons. The molecule has 2 heteroatoms. The summed E-state index contributed by atoms with van der Waals surface area (Å²) in [5.41, 5.74) is 43.1. The smallest absolute Gasteiger partial charge is 0.0465 e. The molecule has 0 aliphatic heterocycles. The number of anilines is 6. The summed E-state index contributed by atoms with van der Waals surface area (Å²) in [5.74, 6) is 0. The van der Waals surface area contributed by atoms with Crippen LogP contribution in [0.2, 0.25) is 0 Å². The van der Waals surface area contributed by atoms with E-state index in [1.54, 1.807) is 0 Å². The van der Waals surface area contributed by atoms with Gasteiger partial charge in [-0.15, -0.1) is 0 Å². The van der Waals surface area contributed by atoms with Crippen LogP contribution in [-0.4, -0.2) is 0 Å². The largest absolute Gasteiger partial charge is 0.310 e. The maximum Gasteiger partial charge on any atom is 0.0465 e. The van der Waals surface area contributed by atoms with Gasteiger partial charge in [-0.05, 0) is 262 Å². The summed E-state index contributed by atoms with van der Waals surface area (Å²) in [5, 5.41) is 4.99. The zero-order chi connectivity index (χ0) is 74.9. The Morgan fingerprint density at radius 1 is 0.173 bits per heavy atom. The van der Waals surface area contributed by atoms with Crippen LogP contribution in [0, 0.1) is 0 Å². The SMILES string of the molecule is CC1(C)c2ccccc2-c2ccc(N(c3ccc4c(c3)C(C)(C)c3ccccc3-4)c3ccc4c(c3)C(C)(C)c3cc(/C=C/c5ccc6c(ccc7cc(/C=C/c8ccc9c(c8)C(C)(C)c8cc(N(c%10ccc%11c(c%10)C(C)(C)c%10ccccc%10-%11)c%10ccc%11c(c%10)C(C)(C)c%10ccccc%10-%11)ccc8-9)ccc76)c5)ccc3-4)cc21. The molecule has 0 atom stereocenters. The molecule has 0 unspecified atom stereocenters. The van der Waals surface area contributed by atoms with E-state index >= 15 is 0 Å². The van der Waals surface area contributed by atoms with Gasteiger partial charge >= 0.3 is 0 Å². The molecule has 0 fully saturated rings. The Hall–Kier alpha value is -12.1. The lowest BCUT2D eigenvalue weighted by atomic mass is 9.81. The Morgan fingerprint density at radius 3 is 0.618 bits per heavy atom. The summed E-state index contributed by atoms with van der Waals surface area (Å²) in [6.45, 7) is 28.7. The first-order valence-electron chi connectivity index (χ1n) is 39.5. The summed E-state index contributed by atoms with van der Waals surface area (Å²) >= 11 is 0. The molecule has 21 rings (SSSR count). The topological polar surface area (TPSA) is 6.48 Å². The lowest BCUT2D eigenvalue weighted by Gasteiger charge is -2.31. The zero-order valence-corrected chi connectivity index (χ0v) is 64.9. The van der Waals surface area contributed by atoms with E-state index in [2.05, 4.69) is 408 Å². The third-order valence-electron chi connectivity index (χ3n) is 27.0. The van der Waals surface area contributed by atoms with E-state index in [1.807, 2.05) is 0 Å². The molecule has 15 aromatic rings. The molecule has 6 aliphatic carbocycles. The molecule has 110 heavy (non-hydrogen) atoms. The summed E-state index contributed by atoms with van der Waals surface area (Å²) < 4.78 is 0. The van der Waals surface area contributed by atoms with Crippen LogP contribution in [0.5, 0.6) is 0 Å². The van der Waals surface area contributed by atoms with E-state index in [0.717, 1.165) is 0 Å². The molecule has 15 aromatic carbocycles. The minimum atomic E-state index is -0.240. The number of fused-ring (bicyclic) bond motifs is 21. The second-order valence-corrected chi connectivity index (χ2v) is 35.3. The van der Waals surface area contributed by atoms with Gasteiger partial charge < -0.3 is 9.80 Å². The molecule has 0 saturated heterocycles. The fourth-order valence-corrected chi connectivity index (χ4v) is 20.9. The highest BCUT2D eigenvalue weighted by molar-refractivity contribution is 6.09. The fourth-order valence-electron chi connectivity index (χ4n) is 20.9. The highest BCUT2D eigenvalue weighted by Crippen LogP contribution is 2.59. The first kappa shape index (κ1) is 66.1. The Kier molecular flexibility index (Phi) is 14.0. The average Bonchev–Trinajstić information content (AvgIpc) is 1.54. The number of benzene rings is 15. The molecule has 0 N–H and O–H groups in total. The average molecular weight is 1410 g/mol. The molecule has 0 heterocycles. The van der Waals surface area contributed by atoms with Gasteiger partial charge in [0.25, 0.3) is 0 Å². The molecular formula is C108H88N2. The first-order chi connectivity index (χ1) is 53.0. The van der Waals surface area contributed by atoms with E-state index in [9.17, 15) is 0 Å². The van der Waals surface area contributed by atoms with Crippen molar-refractivity contribution in [2.45, 2.75) is 116 Å². The third-order valence-corrected chi connectivity index (χ3v) is 27.0. The molecule has 530 valence electrons. The van der Waals surface area contributed by atoms with Crippen molar-refractivity contribution < 1.29 is 0 Å². The van der Waals surface area contributed by atoms with Gasteiger partial charge in [-0.2, -0.15) is 0 Å². The van der Waals surface area contributed by atoms with Crippen molar-refractivity contribution in [3.8, 4) is 66.8 Å². The van der Waals surface area contributed by atoms with Gasteiger partial charge in [0.15, 0.2) is 0 Å². The van der Waals surface area contributed by atoms with Crippen LogP contribution in [0.3, 0.4) is 0 Å². The van der Waals surface area contributed by atoms with E-state index in [0.29, 0.717) is 0 Å². The van der Waals surface area contributed by atoms with Crippen molar-refractivity contribution in [3.63, 3.8) is 0 Å². The van der Waals surface area contributed by atoms with Crippen molar-refractivity contribution in [1.29, 1.82) is 0 Å². The minimum absolute atomic E-state index is 0.132. The molecule has 0 aromatic heterocycles. The van der Waals surface area contributed by atoms with Crippen molar-refractivity contribution >= 4 is 80.0 Å². The molecule has 0 spiro atoms. The van der Waals surface area contributed by atoms with Gasteiger partial charge in [0.1, 0.15) is 0 Å². The maximum absolute atomic E-state index is 2.52. The van der Waals surface area contributed by atoms with Crippen LogP contribution in [-0.2, 0) is 32.5 Å². The van der Waals surface area contributed by atoms with Crippen LogP contribution in [0.15, 0.2) is 291 Å². The summed E-state index contributed by atoms with van der Waals surface area (Å²) in [6, 6.07) is 112. The number of rotatable bonds is 10. The standard InChI is InChI=1S/C108H88N2/c1-103(2)91-25-17-13-21-79(91)85-49-39-71(59-97(85)103)109(72-40-50-86-80-22-14-18-26-92(80)104(3,4)98(86)60-72)75-43-53-89-83-47-35-67(57-95(83)107(9,10)101(89)63-75)31-29-65-33-45-77-69(55-65)37-38-70-56-66(34-46-78(70)77)30-32-68-36-48-84-90-54-44-76(64-102(90)108(11,12)96(84)58-68)110(73-41-51-87-81-23-15-19-27-93(81)105(5,6)99(87)61-73)74-42-52-88-82-24-16-20-28-94(82)106(7,8)100(88)62-74/h13-64H,1-12H3/b31-29+,32-30+. The molecule has 0 amide bonds. The Morgan fingerprint density at radius 2 is 0.364 bits per heavy atom. The van der Waals surface area contributed by atoms with Crippen LogP contribution < -0.4 is 9.80 Å². The van der Waals surface area contributed by atoms with Gasteiger partial charge in [0, 0.05) is 66.6 Å². The van der Waals surface area contributed by atoms with Crippen molar-refractivity contribution in [2.24, 2.45) is 0 Å². The quantitative estimate of drug-likeness (QED) is 0.0995. The van der Waals surface area contributed by atoms with Gasteiger partial charge in [0.2, 0.25) is 0 Å². The summed E-state index contributed by atoms with van der Waals surface area (Å²) in [4.78, 5) is 5.05. The lowest BCUT2D eigenvalue weighted by Crippen LogP contribution is -2.19. The maximum atomic E-state index is 2.52. The van der Waals surface area contributed by atoms with Crippen LogP contribution >= 0.6 is 0 Å². The number of hydrogen-bond donors (Lipinski definition) is 0. The Balaban J connectivity index is 0.542. The highest BCUT2D eigenvalue weighted by Gasteiger charge is 2.43. The minimum Gasteiger partial charge on any atom is -0.310 e. The monoisotopic (exact) mass is 1410 g/mol. The van der Waals surface area contributed by atoms with Gasteiger partial charge in [0.05, 0.1) is 0 Å². The molecule has 6 aliphatic rings. The van der Waals surface area contributed by atoms with Gasteiger partial charge in [-0.1, -0.05) is 314 Å². The predicted octanol–water partition coefficient (Wildman–Crippen LogP) is 29.1. The summed E-state index contributed by atoms with van der Waals surface area (Å²) in [7, 11) is 0. The second kappa shape index (κ2) is 23.2. The summed E-state index contributed by atoms with van der Waals surface area (Å²) in [6.07, 6.45) is 9.16. The van der Waals surface area contributed by atoms with Gasteiger partial charge in [-0.25, -0.2) is 0 Å². The second-order valence-electron chi connectivity index (χ2n) is 35.3. The molecule has 0 saturated carbocycles. The number of hydrogen-bond acceptors (Lipinski definition) is 2.